The van der Waals surface area contributed by atoms with E-state index in [1.807, 2.05) is 48.5 Å². The summed E-state index contributed by atoms with van der Waals surface area (Å²) in [5, 5.41) is 12.2. The molecule has 0 radical (unpaired) electrons. The molecule has 0 bridgehead atoms. The molecule has 1 aliphatic rings. The van der Waals surface area contributed by atoms with Gasteiger partial charge in [-0.05, 0) is 41.6 Å². The standard InChI is InChI=1S/C19H19BrN6O2/c1-28-17-5-3-2-4-16(17)24-10-12-25(13-11-24)19(27)18-21-23-26(22-18)15-8-6-14(20)7-9-15/h2-9H,10-13H2,1H3. The first-order valence-electron chi connectivity index (χ1n) is 8.89. The van der Waals surface area contributed by atoms with E-state index in [2.05, 4.69) is 36.2 Å². The minimum absolute atomic E-state index is 0.105. The van der Waals surface area contributed by atoms with Gasteiger partial charge in [-0.25, -0.2) is 0 Å². The predicted octanol–water partition coefficient (Wildman–Crippen LogP) is 2.40. The van der Waals surface area contributed by atoms with Gasteiger partial charge in [-0.15, -0.1) is 15.0 Å². The highest BCUT2D eigenvalue weighted by Gasteiger charge is 2.26. The number of ether oxygens (including phenoxy) is 1. The van der Waals surface area contributed by atoms with E-state index < -0.39 is 0 Å². The third kappa shape index (κ3) is 3.70. The highest BCUT2D eigenvalue weighted by Crippen LogP contribution is 2.28. The number of methoxy groups -OCH3 is 1. The van der Waals surface area contributed by atoms with Crippen LogP contribution >= 0.6 is 15.9 Å². The number of para-hydroxylation sites is 2. The Bertz CT molecular complexity index is 967. The highest BCUT2D eigenvalue weighted by atomic mass is 79.9. The number of amides is 1. The van der Waals surface area contributed by atoms with Crippen molar-refractivity contribution < 1.29 is 9.53 Å². The maximum absolute atomic E-state index is 12.8. The molecule has 0 unspecified atom stereocenters. The van der Waals surface area contributed by atoms with Gasteiger partial charge in [-0.2, -0.15) is 0 Å². The Balaban J connectivity index is 1.42. The summed E-state index contributed by atoms with van der Waals surface area (Å²) in [5.41, 5.74) is 1.78. The molecular weight excluding hydrogens is 424 g/mol. The summed E-state index contributed by atoms with van der Waals surface area (Å²) in [7, 11) is 1.67. The molecule has 1 saturated heterocycles. The van der Waals surface area contributed by atoms with Gasteiger partial charge in [0.15, 0.2) is 0 Å². The van der Waals surface area contributed by atoms with Crippen molar-refractivity contribution >= 4 is 27.5 Å². The number of rotatable bonds is 4. The molecule has 1 aromatic heterocycles. The van der Waals surface area contributed by atoms with E-state index >= 15 is 0 Å². The summed E-state index contributed by atoms with van der Waals surface area (Å²) in [6, 6.07) is 15.4. The number of carbonyl (C=O) groups excluding carboxylic acids is 1. The van der Waals surface area contributed by atoms with Crippen molar-refractivity contribution in [3.63, 3.8) is 0 Å². The maximum Gasteiger partial charge on any atom is 0.295 e. The van der Waals surface area contributed by atoms with E-state index in [1.165, 1.54) is 4.80 Å². The summed E-state index contributed by atoms with van der Waals surface area (Å²) < 4.78 is 6.40. The van der Waals surface area contributed by atoms with Crippen LogP contribution in [-0.4, -0.2) is 64.3 Å². The number of tetrazole rings is 1. The SMILES string of the molecule is COc1ccccc1N1CCN(C(=O)c2nnn(-c3ccc(Br)cc3)n2)CC1. The Labute approximate surface area is 170 Å². The van der Waals surface area contributed by atoms with Crippen LogP contribution in [0.5, 0.6) is 5.75 Å². The van der Waals surface area contributed by atoms with Crippen molar-refractivity contribution in [3.8, 4) is 11.4 Å². The molecule has 8 nitrogen and oxygen atoms in total. The fraction of sp³-hybridized carbons (Fsp3) is 0.263. The lowest BCUT2D eigenvalue weighted by Crippen LogP contribution is -2.49. The van der Waals surface area contributed by atoms with E-state index in [1.54, 1.807) is 12.0 Å². The van der Waals surface area contributed by atoms with Gasteiger partial charge in [0.05, 0.1) is 18.5 Å². The predicted molar refractivity (Wildman–Crippen MR) is 108 cm³/mol. The monoisotopic (exact) mass is 442 g/mol. The van der Waals surface area contributed by atoms with Gasteiger partial charge in [0.1, 0.15) is 5.75 Å². The molecule has 144 valence electrons. The van der Waals surface area contributed by atoms with Gasteiger partial charge in [-0.1, -0.05) is 28.1 Å². The van der Waals surface area contributed by atoms with Crippen molar-refractivity contribution in [1.29, 1.82) is 0 Å². The number of anilines is 1. The molecule has 0 atom stereocenters. The second-order valence-corrected chi connectivity index (χ2v) is 7.25. The Kier molecular flexibility index (Phi) is 5.25. The number of aromatic nitrogens is 4. The maximum atomic E-state index is 12.8. The van der Waals surface area contributed by atoms with Gasteiger partial charge in [0.25, 0.3) is 11.7 Å². The molecule has 1 aliphatic heterocycles. The Morgan fingerprint density at radius 1 is 1.04 bits per heavy atom. The fourth-order valence-corrected chi connectivity index (χ4v) is 3.43. The Hall–Kier alpha value is -2.94. The number of piperazine rings is 1. The normalized spacial score (nSPS) is 14.2. The van der Waals surface area contributed by atoms with Crippen LogP contribution in [0.25, 0.3) is 5.69 Å². The van der Waals surface area contributed by atoms with Gasteiger partial charge >= 0.3 is 0 Å². The molecular formula is C19H19BrN6O2. The van der Waals surface area contributed by atoms with Gasteiger partial charge in [-0.3, -0.25) is 4.79 Å². The van der Waals surface area contributed by atoms with Crippen molar-refractivity contribution in [2.45, 2.75) is 0 Å². The van der Waals surface area contributed by atoms with E-state index in [-0.39, 0.29) is 11.7 Å². The molecule has 0 spiro atoms. The van der Waals surface area contributed by atoms with Crippen LogP contribution in [0.2, 0.25) is 0 Å². The van der Waals surface area contributed by atoms with Crippen LogP contribution in [0.4, 0.5) is 5.69 Å². The largest absolute Gasteiger partial charge is 0.495 e. The molecule has 1 fully saturated rings. The number of carbonyl (C=O) groups is 1. The average molecular weight is 443 g/mol. The van der Waals surface area contributed by atoms with E-state index in [0.717, 1.165) is 21.6 Å². The lowest BCUT2D eigenvalue weighted by atomic mass is 10.2. The van der Waals surface area contributed by atoms with Gasteiger partial charge in [0.2, 0.25) is 0 Å². The molecule has 3 aromatic rings. The molecule has 4 rings (SSSR count). The molecule has 1 amide bonds. The van der Waals surface area contributed by atoms with E-state index in [4.69, 9.17) is 4.74 Å². The fourth-order valence-electron chi connectivity index (χ4n) is 3.17. The third-order valence-corrected chi connectivity index (χ3v) is 5.18. The summed E-state index contributed by atoms with van der Waals surface area (Å²) in [4.78, 5) is 18.1. The number of nitrogens with zero attached hydrogens (tertiary/aromatic N) is 6. The van der Waals surface area contributed by atoms with Crippen LogP contribution < -0.4 is 9.64 Å². The minimum atomic E-state index is -0.206. The van der Waals surface area contributed by atoms with Gasteiger partial charge < -0.3 is 14.5 Å². The van der Waals surface area contributed by atoms with Crippen LogP contribution in [-0.2, 0) is 0 Å². The van der Waals surface area contributed by atoms with Crippen molar-refractivity contribution in [2.24, 2.45) is 0 Å². The summed E-state index contributed by atoms with van der Waals surface area (Å²) in [6.07, 6.45) is 0. The van der Waals surface area contributed by atoms with Crippen LogP contribution in [0, 0.1) is 0 Å². The molecule has 9 heteroatoms. The van der Waals surface area contributed by atoms with Crippen molar-refractivity contribution in [3.05, 3.63) is 58.8 Å². The lowest BCUT2D eigenvalue weighted by molar-refractivity contribution is 0.0734. The third-order valence-electron chi connectivity index (χ3n) is 4.66. The van der Waals surface area contributed by atoms with E-state index in [9.17, 15) is 4.79 Å². The quantitative estimate of drug-likeness (QED) is 0.617. The average Bonchev–Trinajstić information content (AvgIpc) is 3.24. The summed E-state index contributed by atoms with van der Waals surface area (Å²) >= 11 is 3.39. The Morgan fingerprint density at radius 3 is 2.46 bits per heavy atom. The summed E-state index contributed by atoms with van der Waals surface area (Å²) in [6.45, 7) is 2.60. The van der Waals surface area contributed by atoms with Crippen molar-refractivity contribution in [2.75, 3.05) is 38.2 Å². The first-order chi connectivity index (χ1) is 13.7. The molecule has 2 aromatic carbocycles. The molecule has 0 aliphatic carbocycles. The van der Waals surface area contributed by atoms with Gasteiger partial charge in [0, 0.05) is 30.7 Å². The minimum Gasteiger partial charge on any atom is -0.495 e. The molecule has 0 N–H and O–H groups in total. The highest BCUT2D eigenvalue weighted by molar-refractivity contribution is 9.10. The van der Waals surface area contributed by atoms with E-state index in [0.29, 0.717) is 26.2 Å². The summed E-state index contributed by atoms with van der Waals surface area (Å²) in [5.74, 6) is 0.734. The Morgan fingerprint density at radius 2 is 1.75 bits per heavy atom. The molecule has 0 saturated carbocycles. The molecule has 2 heterocycles. The first-order valence-corrected chi connectivity index (χ1v) is 9.68. The lowest BCUT2D eigenvalue weighted by Gasteiger charge is -2.36. The number of benzene rings is 2. The molecule has 28 heavy (non-hydrogen) atoms. The second kappa shape index (κ2) is 7.97. The number of halogens is 1. The topological polar surface area (TPSA) is 76.4 Å². The van der Waals surface area contributed by atoms with Crippen LogP contribution in [0.3, 0.4) is 0 Å². The number of hydrogen-bond donors (Lipinski definition) is 0. The zero-order valence-electron chi connectivity index (χ0n) is 15.3. The van der Waals surface area contributed by atoms with Crippen LogP contribution in [0.15, 0.2) is 53.0 Å². The smallest absolute Gasteiger partial charge is 0.295 e. The number of hydrogen-bond acceptors (Lipinski definition) is 6. The first kappa shape index (κ1) is 18.4. The zero-order valence-corrected chi connectivity index (χ0v) is 16.9. The second-order valence-electron chi connectivity index (χ2n) is 6.33. The van der Waals surface area contributed by atoms with Crippen molar-refractivity contribution in [1.82, 2.24) is 25.1 Å². The zero-order chi connectivity index (χ0) is 19.5. The van der Waals surface area contributed by atoms with Crippen LogP contribution in [0.1, 0.15) is 10.6 Å².